The minimum absolute atomic E-state index is 0.0143. The summed E-state index contributed by atoms with van der Waals surface area (Å²) in [5.74, 6) is 0.535. The number of hydrogen-bond donors (Lipinski definition) is 2. The lowest BCUT2D eigenvalue weighted by molar-refractivity contribution is -0.124. The molecule has 1 heterocycles. The molecule has 2 rings (SSSR count). The Bertz CT molecular complexity index is 759. The molecule has 0 aliphatic carbocycles. The van der Waals surface area contributed by atoms with Gasteiger partial charge in [0.1, 0.15) is 17.6 Å². The topological polar surface area (TPSA) is 104 Å². The lowest BCUT2D eigenvalue weighted by Crippen LogP contribution is -2.35. The fraction of sp³-hybridized carbons (Fsp3) is 0.167. The number of ether oxygens (including phenoxy) is 1. The first-order valence-electron chi connectivity index (χ1n) is 7.52. The second-order valence-corrected chi connectivity index (χ2v) is 4.92. The number of nitrogens with one attached hydrogen (secondary N) is 2. The summed E-state index contributed by atoms with van der Waals surface area (Å²) in [7, 11) is 0. The first-order chi connectivity index (χ1) is 12.2. The third-order valence-corrected chi connectivity index (χ3v) is 3.07. The van der Waals surface area contributed by atoms with Gasteiger partial charge in [-0.05, 0) is 35.9 Å². The summed E-state index contributed by atoms with van der Waals surface area (Å²) in [5, 5.41) is 13.6. The Labute approximate surface area is 144 Å². The smallest absolute Gasteiger partial charge is 0.244 e. The van der Waals surface area contributed by atoms with Crippen LogP contribution in [0.4, 0.5) is 0 Å². The van der Waals surface area contributed by atoms with Crippen LogP contribution in [0.25, 0.3) is 6.08 Å². The molecule has 1 aromatic carbocycles. The van der Waals surface area contributed by atoms with Gasteiger partial charge in [-0.25, -0.2) is 0 Å². The van der Waals surface area contributed by atoms with Crippen LogP contribution in [0.1, 0.15) is 11.3 Å². The summed E-state index contributed by atoms with van der Waals surface area (Å²) in [6.07, 6.45) is 4.48. The van der Waals surface area contributed by atoms with Gasteiger partial charge in [-0.3, -0.25) is 9.59 Å². The van der Waals surface area contributed by atoms with Crippen LogP contribution in [-0.2, 0) is 16.1 Å². The number of rotatable bonds is 8. The monoisotopic (exact) mass is 339 g/mol. The van der Waals surface area contributed by atoms with Crippen molar-refractivity contribution in [2.24, 2.45) is 0 Å². The highest BCUT2D eigenvalue weighted by atomic mass is 16.5. The summed E-state index contributed by atoms with van der Waals surface area (Å²) >= 11 is 0. The zero-order valence-electron chi connectivity index (χ0n) is 13.4. The minimum Gasteiger partial charge on any atom is -0.479 e. The molecule has 0 spiro atoms. The molecule has 0 unspecified atom stereocenters. The van der Waals surface area contributed by atoms with Gasteiger partial charge in [0.05, 0.1) is 19.4 Å². The molecule has 128 valence electrons. The predicted octanol–water partition coefficient (Wildman–Crippen LogP) is 1.63. The van der Waals surface area contributed by atoms with E-state index in [0.29, 0.717) is 11.5 Å². The van der Waals surface area contributed by atoms with E-state index >= 15 is 0 Å². The van der Waals surface area contributed by atoms with Gasteiger partial charge in [0.25, 0.3) is 0 Å². The molecule has 0 aliphatic rings. The van der Waals surface area contributed by atoms with Crippen LogP contribution in [0.3, 0.4) is 0 Å². The van der Waals surface area contributed by atoms with Crippen molar-refractivity contribution in [1.29, 1.82) is 5.26 Å². The summed E-state index contributed by atoms with van der Waals surface area (Å²) in [6, 6.07) is 12.3. The number of benzene rings is 1. The normalized spacial score (nSPS) is 10.2. The number of furan rings is 1. The number of nitriles is 1. The van der Waals surface area contributed by atoms with E-state index in [1.165, 1.54) is 12.3 Å². The second kappa shape index (κ2) is 9.57. The van der Waals surface area contributed by atoms with Crippen molar-refractivity contribution < 1.29 is 18.7 Å². The van der Waals surface area contributed by atoms with Crippen LogP contribution in [-0.4, -0.2) is 25.0 Å². The fourth-order valence-electron chi connectivity index (χ4n) is 1.85. The minimum atomic E-state index is -0.377. The van der Waals surface area contributed by atoms with Crippen molar-refractivity contribution in [3.05, 3.63) is 60.1 Å². The fourth-order valence-corrected chi connectivity index (χ4v) is 1.85. The molecule has 25 heavy (non-hydrogen) atoms. The standard InChI is InChI=1S/C18H17N3O4/c19-9-11-25-15-6-3-14(4-7-15)5-8-17(22)21-13-18(23)20-12-16-2-1-10-24-16/h1-8,10H,11-13H2,(H,20,23)(H,21,22)/b8-5+. The van der Waals surface area contributed by atoms with Crippen LogP contribution in [0, 0.1) is 11.3 Å². The predicted molar refractivity (Wildman–Crippen MR) is 90.1 cm³/mol. The Balaban J connectivity index is 1.71. The molecule has 0 saturated carbocycles. The summed E-state index contributed by atoms with van der Waals surface area (Å²) < 4.78 is 10.2. The molecular formula is C18H17N3O4. The van der Waals surface area contributed by atoms with Crippen LogP contribution in [0.5, 0.6) is 5.75 Å². The first-order valence-corrected chi connectivity index (χ1v) is 7.52. The van der Waals surface area contributed by atoms with Gasteiger partial charge in [-0.15, -0.1) is 0 Å². The average Bonchev–Trinajstić information content (AvgIpc) is 3.15. The van der Waals surface area contributed by atoms with E-state index in [0.717, 1.165) is 5.56 Å². The van der Waals surface area contributed by atoms with E-state index in [-0.39, 0.29) is 31.5 Å². The summed E-state index contributed by atoms with van der Waals surface area (Å²) in [5.41, 5.74) is 0.793. The van der Waals surface area contributed by atoms with Gasteiger partial charge in [-0.2, -0.15) is 5.26 Å². The van der Waals surface area contributed by atoms with Crippen molar-refractivity contribution in [2.45, 2.75) is 6.54 Å². The Morgan fingerprint density at radius 1 is 1.20 bits per heavy atom. The van der Waals surface area contributed by atoms with Gasteiger partial charge < -0.3 is 19.8 Å². The van der Waals surface area contributed by atoms with E-state index in [1.54, 1.807) is 42.5 Å². The van der Waals surface area contributed by atoms with Gasteiger partial charge >= 0.3 is 0 Å². The molecule has 2 N–H and O–H groups in total. The van der Waals surface area contributed by atoms with Gasteiger partial charge in [0.15, 0.2) is 6.61 Å². The first kappa shape index (κ1) is 17.8. The number of nitrogens with zero attached hydrogens (tertiary/aromatic N) is 1. The number of hydrogen-bond acceptors (Lipinski definition) is 5. The maximum absolute atomic E-state index is 11.7. The molecule has 0 radical (unpaired) electrons. The Morgan fingerprint density at radius 2 is 2.00 bits per heavy atom. The van der Waals surface area contributed by atoms with Crippen molar-refractivity contribution in [3.63, 3.8) is 0 Å². The molecule has 2 amide bonds. The third kappa shape index (κ3) is 6.62. The van der Waals surface area contributed by atoms with E-state index in [1.807, 2.05) is 6.07 Å². The maximum atomic E-state index is 11.7. The maximum Gasteiger partial charge on any atom is 0.244 e. The SMILES string of the molecule is N#CCOc1ccc(/C=C/C(=O)NCC(=O)NCc2ccco2)cc1. The highest BCUT2D eigenvalue weighted by molar-refractivity contribution is 5.94. The highest BCUT2D eigenvalue weighted by Gasteiger charge is 2.04. The van der Waals surface area contributed by atoms with Crippen molar-refractivity contribution in [2.75, 3.05) is 13.2 Å². The highest BCUT2D eigenvalue weighted by Crippen LogP contribution is 2.12. The van der Waals surface area contributed by atoms with Crippen molar-refractivity contribution in [3.8, 4) is 11.8 Å². The van der Waals surface area contributed by atoms with Crippen molar-refractivity contribution in [1.82, 2.24) is 10.6 Å². The van der Waals surface area contributed by atoms with Crippen LogP contribution < -0.4 is 15.4 Å². The van der Waals surface area contributed by atoms with E-state index < -0.39 is 0 Å². The van der Waals surface area contributed by atoms with E-state index in [2.05, 4.69) is 10.6 Å². The Kier molecular flexibility index (Phi) is 6.82. The van der Waals surface area contributed by atoms with Gasteiger partial charge in [0, 0.05) is 6.08 Å². The number of carbonyl (C=O) groups excluding carboxylic acids is 2. The molecule has 0 fully saturated rings. The summed E-state index contributed by atoms with van der Waals surface area (Å²) in [6.45, 7) is 0.141. The largest absolute Gasteiger partial charge is 0.479 e. The van der Waals surface area contributed by atoms with Crippen molar-refractivity contribution >= 4 is 17.9 Å². The number of amides is 2. The summed E-state index contributed by atoms with van der Waals surface area (Å²) in [4.78, 5) is 23.3. The molecule has 0 saturated heterocycles. The lowest BCUT2D eigenvalue weighted by Gasteiger charge is -2.04. The van der Waals surface area contributed by atoms with E-state index in [4.69, 9.17) is 14.4 Å². The molecule has 7 nitrogen and oxygen atoms in total. The van der Waals surface area contributed by atoms with Gasteiger partial charge in [0.2, 0.25) is 11.8 Å². The Morgan fingerprint density at radius 3 is 2.68 bits per heavy atom. The quantitative estimate of drug-likeness (QED) is 0.711. The molecule has 2 aromatic rings. The third-order valence-electron chi connectivity index (χ3n) is 3.07. The van der Waals surface area contributed by atoms with E-state index in [9.17, 15) is 9.59 Å². The zero-order chi connectivity index (χ0) is 17.9. The molecule has 7 heteroatoms. The zero-order valence-corrected chi connectivity index (χ0v) is 13.4. The molecular weight excluding hydrogens is 322 g/mol. The van der Waals surface area contributed by atoms with Crippen LogP contribution >= 0.6 is 0 Å². The van der Waals surface area contributed by atoms with Crippen LogP contribution in [0.15, 0.2) is 53.2 Å². The van der Waals surface area contributed by atoms with Crippen LogP contribution in [0.2, 0.25) is 0 Å². The molecule has 0 bridgehead atoms. The average molecular weight is 339 g/mol. The molecule has 1 aromatic heterocycles. The Hall–Kier alpha value is -3.53. The number of carbonyl (C=O) groups is 2. The van der Waals surface area contributed by atoms with Gasteiger partial charge in [-0.1, -0.05) is 12.1 Å². The lowest BCUT2D eigenvalue weighted by atomic mass is 10.2. The molecule has 0 atom stereocenters. The molecule has 0 aliphatic heterocycles. The second-order valence-electron chi connectivity index (χ2n) is 4.92.